The molecule has 0 atom stereocenters. The van der Waals surface area contributed by atoms with Crippen molar-refractivity contribution >= 4 is 40.8 Å². The number of hydrogen-bond donors (Lipinski definition) is 3. The van der Waals surface area contributed by atoms with Gasteiger partial charge in [0.15, 0.2) is 5.96 Å². The molecule has 7 heteroatoms. The molecule has 0 radical (unpaired) electrons. The van der Waals surface area contributed by atoms with Crippen LogP contribution in [0.3, 0.4) is 0 Å². The number of para-hydroxylation sites is 1. The van der Waals surface area contributed by atoms with Crippen molar-refractivity contribution < 1.29 is 4.52 Å². The zero-order valence-electron chi connectivity index (χ0n) is 16.1. The van der Waals surface area contributed by atoms with E-state index in [4.69, 9.17) is 4.52 Å². The molecule has 3 aromatic rings. The van der Waals surface area contributed by atoms with Crippen molar-refractivity contribution in [2.75, 3.05) is 13.6 Å². The first kappa shape index (κ1) is 21.3. The fraction of sp³-hybridized carbons (Fsp3) is 0.400. The first-order chi connectivity index (χ1) is 12.8. The van der Waals surface area contributed by atoms with E-state index in [2.05, 4.69) is 64.0 Å². The first-order valence-electron chi connectivity index (χ1n) is 9.22. The van der Waals surface area contributed by atoms with Crippen molar-refractivity contribution in [3.8, 4) is 0 Å². The van der Waals surface area contributed by atoms with Crippen LogP contribution >= 0.6 is 24.0 Å². The predicted octanol–water partition coefficient (Wildman–Crippen LogP) is 3.81. The molecule has 0 aliphatic carbocycles. The molecule has 0 saturated carbocycles. The number of aromatic nitrogens is 2. The van der Waals surface area contributed by atoms with E-state index in [-0.39, 0.29) is 24.0 Å². The molecule has 0 amide bonds. The molecule has 1 aromatic carbocycles. The molecule has 0 fully saturated rings. The summed E-state index contributed by atoms with van der Waals surface area (Å²) in [5.41, 5.74) is 4.65. The van der Waals surface area contributed by atoms with Crippen LogP contribution in [0.5, 0.6) is 0 Å². The summed E-state index contributed by atoms with van der Waals surface area (Å²) in [6.07, 6.45) is 4.73. The van der Waals surface area contributed by atoms with Gasteiger partial charge in [0.25, 0.3) is 0 Å². The normalized spacial score (nSPS) is 11.4. The second-order valence-electron chi connectivity index (χ2n) is 6.20. The maximum atomic E-state index is 5.42. The van der Waals surface area contributed by atoms with E-state index < -0.39 is 0 Å². The fourth-order valence-electron chi connectivity index (χ4n) is 3.18. The predicted molar refractivity (Wildman–Crippen MR) is 121 cm³/mol. The van der Waals surface area contributed by atoms with Crippen LogP contribution in [0.1, 0.15) is 36.4 Å². The van der Waals surface area contributed by atoms with E-state index in [1.54, 1.807) is 7.05 Å². The average molecular weight is 481 g/mol. The van der Waals surface area contributed by atoms with E-state index in [0.717, 1.165) is 48.8 Å². The summed E-state index contributed by atoms with van der Waals surface area (Å²) in [4.78, 5) is 7.63. The van der Waals surface area contributed by atoms with E-state index in [0.29, 0.717) is 6.54 Å². The highest BCUT2D eigenvalue weighted by Gasteiger charge is 2.13. The molecule has 0 spiro atoms. The molecule has 0 aliphatic rings. The Morgan fingerprint density at radius 3 is 2.74 bits per heavy atom. The van der Waals surface area contributed by atoms with Crippen molar-refractivity contribution in [3.05, 3.63) is 53.0 Å². The number of benzene rings is 1. The highest BCUT2D eigenvalue weighted by molar-refractivity contribution is 14.0. The van der Waals surface area contributed by atoms with Crippen LogP contribution in [0.2, 0.25) is 0 Å². The second kappa shape index (κ2) is 10.3. The largest absolute Gasteiger partial charge is 0.361 e. The Labute approximate surface area is 177 Å². The van der Waals surface area contributed by atoms with Crippen molar-refractivity contribution in [2.24, 2.45) is 4.99 Å². The Kier molecular flexibility index (Phi) is 8.15. The van der Waals surface area contributed by atoms with Gasteiger partial charge >= 0.3 is 0 Å². The van der Waals surface area contributed by atoms with Gasteiger partial charge < -0.3 is 20.1 Å². The number of aliphatic imine (C=N–C) groups is 1. The number of aryl methyl sites for hydroxylation is 2. The van der Waals surface area contributed by atoms with Crippen LogP contribution in [0.25, 0.3) is 10.9 Å². The smallest absolute Gasteiger partial charge is 0.191 e. The lowest BCUT2D eigenvalue weighted by Crippen LogP contribution is -2.38. The quantitative estimate of drug-likeness (QED) is 0.273. The number of guanidine groups is 1. The Bertz CT molecular complexity index is 862. The number of rotatable bonds is 7. The minimum absolute atomic E-state index is 0. The lowest BCUT2D eigenvalue weighted by Gasteiger charge is -2.12. The molecule has 2 aromatic heterocycles. The van der Waals surface area contributed by atoms with Crippen LogP contribution < -0.4 is 10.6 Å². The lowest BCUT2D eigenvalue weighted by molar-refractivity contribution is 0.380. The van der Waals surface area contributed by atoms with Crippen LogP contribution in [0.4, 0.5) is 0 Å². The average Bonchev–Trinajstić information content (AvgIpc) is 3.28. The molecule has 3 N–H and O–H groups in total. The standard InChI is InChI=1S/C20H27N5O.HI/c1-4-17-16(19(5-2)26-25-17)13-24-20(21-3)22-11-10-14-12-23-18-9-7-6-8-15(14)18;/h6-9,12,23H,4-5,10-11,13H2,1-3H3,(H2,21,22,24);1H. The molecular formula is C20H28IN5O. The fourth-order valence-corrected chi connectivity index (χ4v) is 3.18. The summed E-state index contributed by atoms with van der Waals surface area (Å²) in [5.74, 6) is 1.73. The van der Waals surface area contributed by atoms with Gasteiger partial charge in [0.2, 0.25) is 0 Å². The van der Waals surface area contributed by atoms with Crippen molar-refractivity contribution in [2.45, 2.75) is 39.7 Å². The zero-order chi connectivity index (χ0) is 18.4. The third-order valence-corrected chi connectivity index (χ3v) is 4.62. The minimum atomic E-state index is 0. The molecule has 0 unspecified atom stereocenters. The first-order valence-corrected chi connectivity index (χ1v) is 9.22. The molecule has 0 aliphatic heterocycles. The molecule has 0 bridgehead atoms. The van der Waals surface area contributed by atoms with Gasteiger partial charge in [-0.15, -0.1) is 24.0 Å². The van der Waals surface area contributed by atoms with Gasteiger partial charge in [-0.05, 0) is 24.5 Å². The topological polar surface area (TPSA) is 78.2 Å². The third kappa shape index (κ3) is 5.03. The number of halogens is 1. The van der Waals surface area contributed by atoms with Crippen molar-refractivity contribution in [1.82, 2.24) is 20.8 Å². The molecule has 3 rings (SSSR count). The molecule has 2 heterocycles. The molecule has 27 heavy (non-hydrogen) atoms. The summed E-state index contributed by atoms with van der Waals surface area (Å²) in [6.45, 7) is 5.65. The number of H-pyrrole nitrogens is 1. The zero-order valence-corrected chi connectivity index (χ0v) is 18.5. The Hall–Kier alpha value is -2.03. The Morgan fingerprint density at radius 1 is 1.19 bits per heavy atom. The lowest BCUT2D eigenvalue weighted by atomic mass is 10.1. The third-order valence-electron chi connectivity index (χ3n) is 4.62. The SMILES string of the molecule is CCc1noc(CC)c1CNC(=NC)NCCc1c[nH]c2ccccc12.I. The number of nitrogens with zero attached hydrogens (tertiary/aromatic N) is 2. The Balaban J connectivity index is 0.00000261. The van der Waals surface area contributed by atoms with Gasteiger partial charge in [0, 0.05) is 49.2 Å². The summed E-state index contributed by atoms with van der Waals surface area (Å²) in [5, 5.41) is 12.2. The summed E-state index contributed by atoms with van der Waals surface area (Å²) >= 11 is 0. The van der Waals surface area contributed by atoms with Gasteiger partial charge in [-0.1, -0.05) is 37.2 Å². The maximum Gasteiger partial charge on any atom is 0.191 e. The van der Waals surface area contributed by atoms with Crippen LogP contribution in [-0.4, -0.2) is 29.7 Å². The van der Waals surface area contributed by atoms with E-state index >= 15 is 0 Å². The highest BCUT2D eigenvalue weighted by Crippen LogP contribution is 2.18. The van der Waals surface area contributed by atoms with E-state index in [9.17, 15) is 0 Å². The second-order valence-corrected chi connectivity index (χ2v) is 6.20. The van der Waals surface area contributed by atoms with Gasteiger partial charge in [0.1, 0.15) is 5.76 Å². The summed E-state index contributed by atoms with van der Waals surface area (Å²) in [7, 11) is 1.79. The number of nitrogens with one attached hydrogen (secondary N) is 3. The van der Waals surface area contributed by atoms with Crippen molar-refractivity contribution in [1.29, 1.82) is 0 Å². The Morgan fingerprint density at radius 2 is 2.00 bits per heavy atom. The van der Waals surface area contributed by atoms with E-state index in [1.807, 2.05) is 6.07 Å². The minimum Gasteiger partial charge on any atom is -0.361 e. The monoisotopic (exact) mass is 481 g/mol. The molecular weight excluding hydrogens is 453 g/mol. The summed E-state index contributed by atoms with van der Waals surface area (Å²) in [6, 6.07) is 8.37. The van der Waals surface area contributed by atoms with Crippen LogP contribution in [-0.2, 0) is 25.8 Å². The molecule has 0 saturated heterocycles. The van der Waals surface area contributed by atoms with Crippen LogP contribution in [0.15, 0.2) is 40.0 Å². The number of fused-ring (bicyclic) bond motifs is 1. The van der Waals surface area contributed by atoms with Gasteiger partial charge in [-0.3, -0.25) is 4.99 Å². The summed E-state index contributed by atoms with van der Waals surface area (Å²) < 4.78 is 5.42. The van der Waals surface area contributed by atoms with Gasteiger partial charge in [-0.25, -0.2) is 0 Å². The maximum absolute atomic E-state index is 5.42. The van der Waals surface area contributed by atoms with E-state index in [1.165, 1.54) is 16.5 Å². The molecule has 146 valence electrons. The number of aromatic amines is 1. The molecule has 6 nitrogen and oxygen atoms in total. The van der Waals surface area contributed by atoms with Gasteiger partial charge in [0.05, 0.1) is 5.69 Å². The van der Waals surface area contributed by atoms with Gasteiger partial charge in [-0.2, -0.15) is 0 Å². The van der Waals surface area contributed by atoms with Crippen molar-refractivity contribution in [3.63, 3.8) is 0 Å². The highest BCUT2D eigenvalue weighted by atomic mass is 127. The number of hydrogen-bond acceptors (Lipinski definition) is 3. The van der Waals surface area contributed by atoms with Crippen LogP contribution in [0, 0.1) is 0 Å².